The van der Waals surface area contributed by atoms with Gasteiger partial charge in [-0.15, -0.1) is 0 Å². The number of anilines is 1. The van der Waals surface area contributed by atoms with Crippen molar-refractivity contribution in [3.63, 3.8) is 0 Å². The second kappa shape index (κ2) is 13.6. The zero-order valence-electron chi connectivity index (χ0n) is 22.8. The van der Waals surface area contributed by atoms with Crippen molar-refractivity contribution in [2.75, 3.05) is 17.1 Å². The number of halogens is 1. The lowest BCUT2D eigenvalue weighted by Crippen LogP contribution is -2.54. The highest BCUT2D eigenvalue weighted by Crippen LogP contribution is 2.23. The number of hydrogen-bond acceptors (Lipinski definition) is 4. The minimum absolute atomic E-state index is 0.0924. The second-order valence-electron chi connectivity index (χ2n) is 9.72. The van der Waals surface area contributed by atoms with Crippen molar-refractivity contribution in [1.82, 2.24) is 10.2 Å². The van der Waals surface area contributed by atoms with Gasteiger partial charge in [0, 0.05) is 24.0 Å². The van der Waals surface area contributed by atoms with E-state index < -0.39 is 28.5 Å². The van der Waals surface area contributed by atoms with Crippen LogP contribution >= 0.6 is 11.6 Å². The Balaban J connectivity index is 2.07. The van der Waals surface area contributed by atoms with Gasteiger partial charge in [0.05, 0.1) is 11.9 Å². The Labute approximate surface area is 236 Å². The molecule has 3 aromatic carbocycles. The Kier molecular flexibility index (Phi) is 10.5. The first-order chi connectivity index (χ1) is 18.5. The summed E-state index contributed by atoms with van der Waals surface area (Å²) in [6, 6.07) is 22.5. The van der Waals surface area contributed by atoms with Gasteiger partial charge in [0.2, 0.25) is 21.8 Å². The molecule has 0 aliphatic carbocycles. The van der Waals surface area contributed by atoms with E-state index >= 15 is 0 Å². The van der Waals surface area contributed by atoms with Crippen LogP contribution in [0.1, 0.15) is 37.0 Å². The van der Waals surface area contributed by atoms with Crippen molar-refractivity contribution >= 4 is 39.1 Å². The van der Waals surface area contributed by atoms with E-state index in [4.69, 9.17) is 11.6 Å². The molecule has 0 heterocycles. The van der Waals surface area contributed by atoms with Gasteiger partial charge < -0.3 is 10.2 Å². The Morgan fingerprint density at radius 1 is 0.974 bits per heavy atom. The molecule has 208 valence electrons. The highest BCUT2D eigenvalue weighted by atomic mass is 35.5. The molecule has 0 spiro atoms. The van der Waals surface area contributed by atoms with Gasteiger partial charge >= 0.3 is 0 Å². The van der Waals surface area contributed by atoms with Gasteiger partial charge in [-0.3, -0.25) is 13.9 Å². The number of nitrogens with one attached hydrogen (secondary N) is 1. The molecule has 9 heteroatoms. The zero-order valence-corrected chi connectivity index (χ0v) is 24.4. The summed E-state index contributed by atoms with van der Waals surface area (Å²) in [7, 11) is -3.85. The van der Waals surface area contributed by atoms with E-state index in [1.165, 1.54) is 11.0 Å². The molecule has 0 aromatic heterocycles. The predicted molar refractivity (Wildman–Crippen MR) is 157 cm³/mol. The minimum Gasteiger partial charge on any atom is -0.352 e. The largest absolute Gasteiger partial charge is 0.352 e. The molecular formula is C30H36ClN3O4S. The van der Waals surface area contributed by atoms with Crippen LogP contribution in [0.25, 0.3) is 0 Å². The molecule has 0 fully saturated rings. The normalized spacial score (nSPS) is 12.8. The second-order valence-corrected chi connectivity index (χ2v) is 12.1. The number of carbonyl (C=O) groups excluding carboxylic acids is 2. The zero-order chi connectivity index (χ0) is 28.6. The average molecular weight is 570 g/mol. The van der Waals surface area contributed by atoms with Crippen LogP contribution < -0.4 is 9.62 Å². The summed E-state index contributed by atoms with van der Waals surface area (Å²) in [4.78, 5) is 29.2. The Hall–Kier alpha value is -3.36. The number of sulfonamides is 1. The quantitative estimate of drug-likeness (QED) is 0.334. The van der Waals surface area contributed by atoms with Crippen molar-refractivity contribution in [2.45, 2.75) is 52.2 Å². The predicted octanol–water partition coefficient (Wildman–Crippen LogP) is 4.97. The molecular weight excluding hydrogens is 534 g/mol. The van der Waals surface area contributed by atoms with Crippen LogP contribution in [0.5, 0.6) is 0 Å². The lowest BCUT2D eigenvalue weighted by Gasteiger charge is -2.34. The standard InChI is InChI=1S/C30H36ClN3O4S/c1-5-23(3)32-30(36)28(18-24-13-7-6-8-14-24)33(20-25-15-10-9-12-22(25)2)29(35)21-34(39(4,37)38)27-17-11-16-26(31)19-27/h6-17,19,23,28H,5,18,20-21H2,1-4H3,(H,32,36). The number of hydrogen-bond donors (Lipinski definition) is 1. The highest BCUT2D eigenvalue weighted by molar-refractivity contribution is 7.92. The molecule has 0 saturated heterocycles. The van der Waals surface area contributed by atoms with Crippen LogP contribution in [0.15, 0.2) is 78.9 Å². The summed E-state index contributed by atoms with van der Waals surface area (Å²) in [5.41, 5.74) is 3.00. The van der Waals surface area contributed by atoms with E-state index in [0.717, 1.165) is 33.7 Å². The van der Waals surface area contributed by atoms with E-state index in [2.05, 4.69) is 5.32 Å². The monoisotopic (exact) mass is 569 g/mol. The van der Waals surface area contributed by atoms with Crippen LogP contribution in [0.3, 0.4) is 0 Å². The van der Waals surface area contributed by atoms with Gasteiger partial charge in [0.15, 0.2) is 0 Å². The fraction of sp³-hybridized carbons (Fsp3) is 0.333. The van der Waals surface area contributed by atoms with Crippen molar-refractivity contribution in [3.8, 4) is 0 Å². The third kappa shape index (κ3) is 8.57. The third-order valence-corrected chi connectivity index (χ3v) is 8.03. The molecule has 1 N–H and O–H groups in total. The summed E-state index contributed by atoms with van der Waals surface area (Å²) in [5.74, 6) is -0.785. The van der Waals surface area contributed by atoms with E-state index in [9.17, 15) is 18.0 Å². The van der Waals surface area contributed by atoms with E-state index in [-0.39, 0.29) is 30.6 Å². The number of amides is 2. The lowest BCUT2D eigenvalue weighted by molar-refractivity contribution is -0.140. The summed E-state index contributed by atoms with van der Waals surface area (Å²) < 4.78 is 26.7. The van der Waals surface area contributed by atoms with Crippen molar-refractivity contribution in [2.24, 2.45) is 0 Å². The smallest absolute Gasteiger partial charge is 0.244 e. The van der Waals surface area contributed by atoms with Crippen LogP contribution in [-0.2, 0) is 32.6 Å². The molecule has 2 unspecified atom stereocenters. The fourth-order valence-electron chi connectivity index (χ4n) is 4.21. The van der Waals surface area contributed by atoms with Gasteiger partial charge in [-0.25, -0.2) is 8.42 Å². The first kappa shape index (κ1) is 30.2. The SMILES string of the molecule is CCC(C)NC(=O)C(Cc1ccccc1)N(Cc1ccccc1C)C(=O)CN(c1cccc(Cl)c1)S(C)(=O)=O. The molecule has 0 radical (unpaired) electrons. The molecule has 0 saturated carbocycles. The first-order valence-electron chi connectivity index (χ1n) is 12.9. The molecule has 39 heavy (non-hydrogen) atoms. The van der Waals surface area contributed by atoms with Gasteiger partial charge in [-0.2, -0.15) is 0 Å². The molecule has 7 nitrogen and oxygen atoms in total. The Morgan fingerprint density at radius 2 is 1.64 bits per heavy atom. The van der Waals surface area contributed by atoms with E-state index in [1.807, 2.05) is 75.4 Å². The fourth-order valence-corrected chi connectivity index (χ4v) is 5.24. The van der Waals surface area contributed by atoms with Gasteiger partial charge in [0.1, 0.15) is 12.6 Å². The lowest BCUT2D eigenvalue weighted by atomic mass is 10.0. The summed E-state index contributed by atoms with van der Waals surface area (Å²) >= 11 is 6.14. The summed E-state index contributed by atoms with van der Waals surface area (Å²) in [6.45, 7) is 5.49. The number of benzene rings is 3. The maximum atomic E-state index is 14.1. The number of rotatable bonds is 12. The summed E-state index contributed by atoms with van der Waals surface area (Å²) in [6.07, 6.45) is 2.05. The van der Waals surface area contributed by atoms with Gasteiger partial charge in [0.25, 0.3) is 0 Å². The molecule has 0 aliphatic heterocycles. The third-order valence-electron chi connectivity index (χ3n) is 6.65. The molecule has 2 amide bonds. The number of nitrogens with zero attached hydrogens (tertiary/aromatic N) is 2. The van der Waals surface area contributed by atoms with Crippen molar-refractivity contribution in [1.29, 1.82) is 0 Å². The molecule has 3 rings (SSSR count). The first-order valence-corrected chi connectivity index (χ1v) is 15.1. The van der Waals surface area contributed by atoms with Crippen LogP contribution in [0, 0.1) is 6.92 Å². The van der Waals surface area contributed by atoms with E-state index in [0.29, 0.717) is 5.02 Å². The van der Waals surface area contributed by atoms with Crippen LogP contribution in [-0.4, -0.2) is 50.0 Å². The Morgan fingerprint density at radius 3 is 2.26 bits per heavy atom. The van der Waals surface area contributed by atoms with Gasteiger partial charge in [-0.1, -0.05) is 79.2 Å². The molecule has 0 bridgehead atoms. The maximum Gasteiger partial charge on any atom is 0.244 e. The molecule has 2 atom stereocenters. The topological polar surface area (TPSA) is 86.8 Å². The van der Waals surface area contributed by atoms with E-state index in [1.54, 1.807) is 18.2 Å². The number of aryl methyl sites for hydroxylation is 1. The van der Waals surface area contributed by atoms with Crippen molar-refractivity contribution in [3.05, 3.63) is 101 Å². The highest BCUT2D eigenvalue weighted by Gasteiger charge is 2.33. The Bertz CT molecular complexity index is 1380. The number of carbonyl (C=O) groups is 2. The minimum atomic E-state index is -3.85. The summed E-state index contributed by atoms with van der Waals surface area (Å²) in [5, 5.41) is 3.37. The van der Waals surface area contributed by atoms with Crippen LogP contribution in [0.4, 0.5) is 5.69 Å². The van der Waals surface area contributed by atoms with Crippen LogP contribution in [0.2, 0.25) is 5.02 Å². The molecule has 0 aliphatic rings. The van der Waals surface area contributed by atoms with Crippen molar-refractivity contribution < 1.29 is 18.0 Å². The maximum absolute atomic E-state index is 14.1. The average Bonchev–Trinajstić information content (AvgIpc) is 2.89. The van der Waals surface area contributed by atoms with Gasteiger partial charge in [-0.05, 0) is 55.2 Å². The molecule has 3 aromatic rings.